The first-order valence-electron chi connectivity index (χ1n) is 13.7. The summed E-state index contributed by atoms with van der Waals surface area (Å²) in [4.78, 5) is 17.3. The van der Waals surface area contributed by atoms with Gasteiger partial charge in [-0.2, -0.15) is 13.2 Å². The van der Waals surface area contributed by atoms with E-state index in [1.165, 1.54) is 12.3 Å². The minimum Gasteiger partial charge on any atom is -0.483 e. The molecule has 3 atom stereocenters. The number of hydrogen-bond donors (Lipinski definition) is 2. The molecule has 2 aromatic carbocycles. The first-order chi connectivity index (χ1) is 20.8. The molecule has 2 fully saturated rings. The summed E-state index contributed by atoms with van der Waals surface area (Å²) in [6, 6.07) is 4.79. The van der Waals surface area contributed by atoms with Gasteiger partial charge in [0, 0.05) is 24.3 Å². The summed E-state index contributed by atoms with van der Waals surface area (Å²) in [5.41, 5.74) is -0.859. The van der Waals surface area contributed by atoms with Gasteiger partial charge in [0.25, 0.3) is 6.47 Å². The summed E-state index contributed by atoms with van der Waals surface area (Å²) in [5.74, 6) is -4.01. The fraction of sp³-hybridized carbons (Fsp3) is 0.414. The molecule has 1 saturated heterocycles. The molecule has 5 rings (SSSR count). The number of carboxylic acid groups (broad SMARTS) is 1. The number of sulfone groups is 1. The van der Waals surface area contributed by atoms with Crippen LogP contribution in [0.25, 0.3) is 0 Å². The maximum atomic E-state index is 15.2. The Hall–Kier alpha value is -3.72. The van der Waals surface area contributed by atoms with Crippen LogP contribution in [0.5, 0.6) is 0 Å². The molecule has 2 aliphatic rings. The molecule has 1 aliphatic heterocycles. The number of benzene rings is 2. The van der Waals surface area contributed by atoms with Gasteiger partial charge in [0.15, 0.2) is 9.84 Å². The Morgan fingerprint density at radius 2 is 1.73 bits per heavy atom. The molecule has 0 radical (unpaired) electrons. The van der Waals surface area contributed by atoms with E-state index in [4.69, 9.17) is 9.90 Å². The Morgan fingerprint density at radius 1 is 1.02 bits per heavy atom. The van der Waals surface area contributed by atoms with E-state index in [0.29, 0.717) is 31.4 Å². The summed E-state index contributed by atoms with van der Waals surface area (Å²) in [7, 11) is -4.25. The first kappa shape index (κ1) is 33.2. The van der Waals surface area contributed by atoms with Crippen molar-refractivity contribution in [2.45, 2.75) is 66.9 Å². The molecule has 0 amide bonds. The van der Waals surface area contributed by atoms with Crippen molar-refractivity contribution in [3.8, 4) is 0 Å². The van der Waals surface area contributed by atoms with E-state index < -0.39 is 55.7 Å². The number of halogens is 6. The maximum Gasteiger partial charge on any atom is 0.416 e. The Kier molecular flexibility index (Phi) is 10.5. The zero-order chi connectivity index (χ0) is 32.1. The van der Waals surface area contributed by atoms with Crippen LogP contribution in [0, 0.1) is 17.5 Å². The van der Waals surface area contributed by atoms with Gasteiger partial charge < -0.3 is 10.4 Å². The second kappa shape index (κ2) is 13.9. The minimum absolute atomic E-state index is 0.132. The van der Waals surface area contributed by atoms with Crippen LogP contribution in [0.3, 0.4) is 0 Å². The number of hydrogen-bond acceptors (Lipinski definition) is 7. The summed E-state index contributed by atoms with van der Waals surface area (Å²) in [5, 5.41) is 9.93. The number of nitrogens with one attached hydrogen (secondary N) is 1. The zero-order valence-corrected chi connectivity index (χ0v) is 24.1. The lowest BCUT2D eigenvalue weighted by Crippen LogP contribution is -2.49. The number of alkyl halides is 3. The van der Waals surface area contributed by atoms with E-state index in [1.54, 1.807) is 0 Å². The van der Waals surface area contributed by atoms with Gasteiger partial charge in [0.2, 0.25) is 0 Å². The molecule has 238 valence electrons. The van der Waals surface area contributed by atoms with Gasteiger partial charge in [-0.15, -0.1) is 0 Å². The topological polar surface area (TPSA) is 112 Å². The molecule has 1 aromatic heterocycles. The molecule has 2 heterocycles. The molecular weight excluding hydrogens is 614 g/mol. The summed E-state index contributed by atoms with van der Waals surface area (Å²) >= 11 is 0. The van der Waals surface area contributed by atoms with E-state index in [9.17, 15) is 26.0 Å². The summed E-state index contributed by atoms with van der Waals surface area (Å²) in [6.07, 6.45) is 0.868. The standard InChI is InChI=1S/C28H28F6N4O2S.CH2O2/c29-20-10-18(9-19(12-20)28(32,33)34)17-3-4-24(26(11-17)38-7-1-2-8-38)37-25-13-23(31)27(14-22(25)30)41(39,40)15-21-5-6-35-16-36-21;2-1-3/h5-6,9-10,12-14,16-17,24,26,37H,1-4,7-8,11,15H2;1H,(H,2,3)/t17-,24-,26-;/m0./s1. The van der Waals surface area contributed by atoms with Crippen LogP contribution in [-0.2, 0) is 26.6 Å². The quantitative estimate of drug-likeness (QED) is 0.245. The lowest BCUT2D eigenvalue weighted by atomic mass is 9.77. The Bertz CT molecular complexity index is 1550. The highest BCUT2D eigenvalue weighted by Crippen LogP contribution is 2.40. The van der Waals surface area contributed by atoms with Crippen LogP contribution >= 0.6 is 0 Å². The van der Waals surface area contributed by atoms with Crippen LogP contribution in [0.2, 0.25) is 0 Å². The average molecular weight is 645 g/mol. The van der Waals surface area contributed by atoms with Crippen LogP contribution in [-0.4, -0.2) is 60.0 Å². The molecule has 0 unspecified atom stereocenters. The normalized spacial score (nSPS) is 20.9. The third-order valence-corrected chi connectivity index (χ3v) is 9.48. The van der Waals surface area contributed by atoms with Crippen molar-refractivity contribution in [1.82, 2.24) is 14.9 Å². The highest BCUT2D eigenvalue weighted by atomic mass is 32.2. The molecule has 44 heavy (non-hydrogen) atoms. The fourth-order valence-electron chi connectivity index (χ4n) is 5.86. The third kappa shape index (κ3) is 8.05. The lowest BCUT2D eigenvalue weighted by Gasteiger charge is -2.42. The summed E-state index contributed by atoms with van der Waals surface area (Å²) in [6.45, 7) is 1.23. The van der Waals surface area contributed by atoms with Crippen molar-refractivity contribution in [2.24, 2.45) is 0 Å². The van der Waals surface area contributed by atoms with Crippen molar-refractivity contribution in [3.05, 3.63) is 83.2 Å². The lowest BCUT2D eigenvalue weighted by molar-refractivity contribution is -0.137. The molecule has 2 N–H and O–H groups in total. The Morgan fingerprint density at radius 3 is 2.36 bits per heavy atom. The second-order valence-electron chi connectivity index (χ2n) is 10.7. The monoisotopic (exact) mass is 644 g/mol. The van der Waals surface area contributed by atoms with Crippen LogP contribution in [0.1, 0.15) is 54.8 Å². The third-order valence-electron chi connectivity index (χ3n) is 7.82. The van der Waals surface area contributed by atoms with Crippen molar-refractivity contribution in [1.29, 1.82) is 0 Å². The van der Waals surface area contributed by atoms with Gasteiger partial charge in [0.05, 0.1) is 22.7 Å². The molecule has 8 nitrogen and oxygen atoms in total. The largest absolute Gasteiger partial charge is 0.483 e. The average Bonchev–Trinajstić information content (AvgIpc) is 3.50. The summed E-state index contributed by atoms with van der Waals surface area (Å²) < 4.78 is 110. The number of anilines is 1. The Labute approximate surface area is 250 Å². The number of carbonyl (C=O) groups is 1. The predicted octanol–water partition coefficient (Wildman–Crippen LogP) is 5.80. The van der Waals surface area contributed by atoms with Crippen molar-refractivity contribution < 1.29 is 44.7 Å². The van der Waals surface area contributed by atoms with Gasteiger partial charge in [-0.1, -0.05) is 0 Å². The van der Waals surface area contributed by atoms with Crippen LogP contribution < -0.4 is 5.32 Å². The van der Waals surface area contributed by atoms with E-state index >= 15 is 8.78 Å². The molecular formula is C29H30F6N4O4S. The predicted molar refractivity (Wildman–Crippen MR) is 148 cm³/mol. The van der Waals surface area contributed by atoms with Crippen molar-refractivity contribution in [3.63, 3.8) is 0 Å². The smallest absolute Gasteiger partial charge is 0.416 e. The SMILES string of the molecule is O=CO.O=S(=O)(Cc1ccncn1)c1cc(F)c(N[C@H]2CC[C@H](c3cc(F)cc(C(F)(F)F)c3)C[C@@H]2N2CCCC2)cc1F. The molecule has 0 bridgehead atoms. The van der Waals surface area contributed by atoms with Crippen molar-refractivity contribution >= 4 is 22.0 Å². The highest BCUT2D eigenvalue weighted by Gasteiger charge is 2.38. The fourth-order valence-corrected chi connectivity index (χ4v) is 7.21. The van der Waals surface area contributed by atoms with Gasteiger partial charge >= 0.3 is 6.18 Å². The number of likely N-dealkylation sites (tertiary alicyclic amines) is 1. The van der Waals surface area contributed by atoms with Gasteiger partial charge in [-0.3, -0.25) is 9.69 Å². The maximum absolute atomic E-state index is 15.2. The van der Waals surface area contributed by atoms with E-state index in [2.05, 4.69) is 20.2 Å². The van der Waals surface area contributed by atoms with E-state index in [-0.39, 0.29) is 35.4 Å². The van der Waals surface area contributed by atoms with E-state index in [1.807, 2.05) is 0 Å². The molecule has 1 aliphatic carbocycles. The Balaban J connectivity index is 0.00000141. The molecule has 1 saturated carbocycles. The van der Waals surface area contributed by atoms with E-state index in [0.717, 1.165) is 50.5 Å². The molecule has 15 heteroatoms. The van der Waals surface area contributed by atoms with Crippen LogP contribution in [0.4, 0.5) is 32.0 Å². The number of rotatable bonds is 7. The van der Waals surface area contributed by atoms with Gasteiger partial charge in [-0.25, -0.2) is 31.6 Å². The second-order valence-corrected chi connectivity index (χ2v) is 12.6. The molecule has 0 spiro atoms. The van der Waals surface area contributed by atoms with Gasteiger partial charge in [0.1, 0.15) is 28.7 Å². The van der Waals surface area contributed by atoms with Crippen LogP contribution in [0.15, 0.2) is 53.8 Å². The highest BCUT2D eigenvalue weighted by molar-refractivity contribution is 7.90. The van der Waals surface area contributed by atoms with Gasteiger partial charge in [-0.05, 0) is 87.0 Å². The number of nitrogens with zero attached hydrogens (tertiary/aromatic N) is 3. The zero-order valence-electron chi connectivity index (χ0n) is 23.3. The molecule has 3 aromatic rings. The first-order valence-corrected chi connectivity index (χ1v) is 15.4. The number of aromatic nitrogens is 2. The minimum atomic E-state index is -4.68. The van der Waals surface area contributed by atoms with Crippen molar-refractivity contribution in [2.75, 3.05) is 18.4 Å².